The van der Waals surface area contributed by atoms with Crippen molar-refractivity contribution in [1.82, 2.24) is 0 Å². The summed E-state index contributed by atoms with van der Waals surface area (Å²) in [5, 5.41) is 42.4. The second-order valence-corrected chi connectivity index (χ2v) is 7.96. The van der Waals surface area contributed by atoms with Gasteiger partial charge in [-0.15, -0.1) is 0 Å². The Labute approximate surface area is 160 Å². The van der Waals surface area contributed by atoms with Crippen LogP contribution >= 0.6 is 11.8 Å². The second kappa shape index (κ2) is 9.80. The first-order valence-corrected chi connectivity index (χ1v) is 10.2. The van der Waals surface area contributed by atoms with Crippen molar-refractivity contribution in [2.24, 2.45) is 5.16 Å². The van der Waals surface area contributed by atoms with Crippen molar-refractivity contribution >= 4 is 27.2 Å². The van der Waals surface area contributed by atoms with Crippen molar-refractivity contribution in [3.63, 3.8) is 0 Å². The Morgan fingerprint density at radius 3 is 2.41 bits per heavy atom. The predicted octanol–water partition coefficient (Wildman–Crippen LogP) is -0.715. The third kappa shape index (κ3) is 6.69. The van der Waals surface area contributed by atoms with Crippen molar-refractivity contribution in [3.05, 3.63) is 35.9 Å². The highest BCUT2D eigenvalue weighted by molar-refractivity contribution is 8.14. The fraction of sp³-hybridized carbons (Fsp3) is 0.533. The smallest absolute Gasteiger partial charge is 0.394 e. The molecule has 0 spiro atoms. The summed E-state index contributed by atoms with van der Waals surface area (Å²) in [4.78, 5) is 0. The zero-order valence-electron chi connectivity index (χ0n) is 14.0. The Bertz CT molecular complexity index is 726. The molecule has 12 heteroatoms. The maximum absolute atomic E-state index is 10.8. The molecule has 1 saturated heterocycles. The fourth-order valence-electron chi connectivity index (χ4n) is 2.41. The summed E-state index contributed by atoms with van der Waals surface area (Å²) in [5.74, 6) is 0. The van der Waals surface area contributed by atoms with Gasteiger partial charge in [0.25, 0.3) is 0 Å². The maximum atomic E-state index is 10.8. The molecule has 0 aromatic heterocycles. The van der Waals surface area contributed by atoms with Crippen molar-refractivity contribution in [1.29, 1.82) is 0 Å². The van der Waals surface area contributed by atoms with E-state index in [4.69, 9.17) is 9.29 Å². The standard InChI is InChI=1S/C15H21NO9S2/c17-8-10-12(18)13(19)14(20)15(24-10)26-11(16-25-27(21,22)23)7-6-9-4-2-1-3-5-9/h1-5,10,12-15,17-20H,6-8H2,(H,21,22,23)/b16-11+/t10-,12-,13+,14-,15+/m1/s1. The molecule has 0 amide bonds. The number of aliphatic hydroxyl groups is 4. The van der Waals surface area contributed by atoms with Crippen LogP contribution in [0, 0.1) is 0 Å². The molecule has 2 rings (SSSR count). The molecule has 0 saturated carbocycles. The van der Waals surface area contributed by atoms with E-state index in [0.29, 0.717) is 6.42 Å². The third-order valence-electron chi connectivity index (χ3n) is 3.80. The van der Waals surface area contributed by atoms with E-state index >= 15 is 0 Å². The van der Waals surface area contributed by atoms with Crippen LogP contribution in [0.5, 0.6) is 0 Å². The Hall–Kier alpha value is -1.25. The summed E-state index contributed by atoms with van der Waals surface area (Å²) >= 11 is 0.754. The lowest BCUT2D eigenvalue weighted by Gasteiger charge is -2.39. The van der Waals surface area contributed by atoms with E-state index in [1.54, 1.807) is 0 Å². The molecule has 0 unspecified atom stereocenters. The van der Waals surface area contributed by atoms with Gasteiger partial charge in [-0.25, -0.2) is 4.28 Å². The molecule has 1 fully saturated rings. The maximum Gasteiger partial charge on any atom is 0.466 e. The molecule has 152 valence electrons. The number of oxime groups is 1. The van der Waals surface area contributed by atoms with Crippen LogP contribution in [0.2, 0.25) is 0 Å². The van der Waals surface area contributed by atoms with Gasteiger partial charge in [0.2, 0.25) is 0 Å². The number of thioether (sulfide) groups is 1. The zero-order chi connectivity index (χ0) is 20.0. The Morgan fingerprint density at radius 2 is 1.81 bits per heavy atom. The van der Waals surface area contributed by atoms with E-state index in [9.17, 15) is 28.8 Å². The molecular formula is C15H21NO9S2. The Morgan fingerprint density at radius 1 is 1.15 bits per heavy atom. The quantitative estimate of drug-likeness (QED) is 0.163. The van der Waals surface area contributed by atoms with E-state index in [2.05, 4.69) is 9.44 Å². The summed E-state index contributed by atoms with van der Waals surface area (Å²) in [6.45, 7) is -0.597. The minimum Gasteiger partial charge on any atom is -0.394 e. The molecule has 0 radical (unpaired) electrons. The molecule has 5 atom stereocenters. The molecule has 1 aliphatic heterocycles. The molecule has 27 heavy (non-hydrogen) atoms. The van der Waals surface area contributed by atoms with Crippen molar-refractivity contribution in [2.45, 2.75) is 42.7 Å². The van der Waals surface area contributed by atoms with Crippen LogP contribution in [0.25, 0.3) is 0 Å². The van der Waals surface area contributed by atoms with Gasteiger partial charge in [0.05, 0.1) is 6.61 Å². The minimum atomic E-state index is -4.82. The summed E-state index contributed by atoms with van der Waals surface area (Å²) in [5.41, 5.74) is -0.230. The average Bonchev–Trinajstić information content (AvgIpc) is 2.64. The van der Waals surface area contributed by atoms with Crippen LogP contribution in [0.1, 0.15) is 12.0 Å². The van der Waals surface area contributed by atoms with Gasteiger partial charge in [0, 0.05) is 6.42 Å². The number of nitrogens with zero attached hydrogens (tertiary/aromatic N) is 1. The number of hydrogen-bond acceptors (Lipinski definition) is 10. The molecule has 10 nitrogen and oxygen atoms in total. The van der Waals surface area contributed by atoms with Gasteiger partial charge in [-0.3, -0.25) is 4.55 Å². The zero-order valence-corrected chi connectivity index (χ0v) is 15.7. The summed E-state index contributed by atoms with van der Waals surface area (Å²) in [7, 11) is -4.82. The number of aryl methyl sites for hydroxylation is 1. The van der Waals surface area contributed by atoms with Crippen LogP contribution in [-0.2, 0) is 25.8 Å². The van der Waals surface area contributed by atoms with E-state index in [-0.39, 0.29) is 11.5 Å². The first-order chi connectivity index (χ1) is 12.7. The predicted molar refractivity (Wildman–Crippen MR) is 96.2 cm³/mol. The topological polar surface area (TPSA) is 166 Å². The van der Waals surface area contributed by atoms with Gasteiger partial charge in [0.15, 0.2) is 0 Å². The molecule has 1 aromatic rings. The molecule has 0 bridgehead atoms. The molecule has 1 heterocycles. The highest BCUT2D eigenvalue weighted by Gasteiger charge is 2.44. The first-order valence-electron chi connectivity index (χ1n) is 7.95. The molecular weight excluding hydrogens is 402 g/mol. The van der Waals surface area contributed by atoms with Crippen molar-refractivity contribution in [2.75, 3.05) is 6.61 Å². The van der Waals surface area contributed by atoms with Gasteiger partial charge in [-0.2, -0.15) is 8.42 Å². The van der Waals surface area contributed by atoms with E-state index in [1.807, 2.05) is 30.3 Å². The number of aliphatic hydroxyl groups excluding tert-OH is 4. The van der Waals surface area contributed by atoms with Gasteiger partial charge in [-0.1, -0.05) is 47.2 Å². The van der Waals surface area contributed by atoms with E-state index < -0.39 is 46.9 Å². The molecule has 1 aromatic carbocycles. The van der Waals surface area contributed by atoms with Gasteiger partial charge in [-0.05, 0) is 12.0 Å². The molecule has 0 aliphatic carbocycles. The SMILES string of the molecule is O=S(=O)(O)O/N=C(\CCc1ccccc1)S[C@@H]1O[C@H](CO)[C@@H](O)[C@H](O)[C@H]1O. The normalized spacial score (nSPS) is 29.5. The third-order valence-corrected chi connectivity index (χ3v) is 5.24. The Kier molecular flexibility index (Phi) is 8.00. The summed E-state index contributed by atoms with van der Waals surface area (Å²) < 4.78 is 39.7. The van der Waals surface area contributed by atoms with Crippen LogP contribution in [0.3, 0.4) is 0 Å². The van der Waals surface area contributed by atoms with Crippen LogP contribution in [0.15, 0.2) is 35.5 Å². The molecule has 5 N–H and O–H groups in total. The number of benzene rings is 1. The summed E-state index contributed by atoms with van der Waals surface area (Å²) in [6.07, 6.45) is -5.11. The van der Waals surface area contributed by atoms with E-state index in [0.717, 1.165) is 17.3 Å². The van der Waals surface area contributed by atoms with Crippen LogP contribution < -0.4 is 0 Å². The highest BCUT2D eigenvalue weighted by Crippen LogP contribution is 2.30. The lowest BCUT2D eigenvalue weighted by molar-refractivity contribution is -0.205. The van der Waals surface area contributed by atoms with Crippen molar-refractivity contribution < 1.29 is 42.4 Å². The molecule has 1 aliphatic rings. The fourth-order valence-corrected chi connectivity index (χ4v) is 3.71. The second-order valence-electron chi connectivity index (χ2n) is 5.79. The monoisotopic (exact) mass is 423 g/mol. The average molecular weight is 423 g/mol. The largest absolute Gasteiger partial charge is 0.466 e. The summed E-state index contributed by atoms with van der Waals surface area (Å²) in [6, 6.07) is 9.18. The van der Waals surface area contributed by atoms with Crippen LogP contribution in [0.4, 0.5) is 0 Å². The van der Waals surface area contributed by atoms with Crippen molar-refractivity contribution in [3.8, 4) is 0 Å². The number of rotatable bonds is 7. The van der Waals surface area contributed by atoms with E-state index in [1.165, 1.54) is 0 Å². The van der Waals surface area contributed by atoms with Crippen LogP contribution in [-0.4, -0.2) is 74.9 Å². The Balaban J connectivity index is 2.12. The highest BCUT2D eigenvalue weighted by atomic mass is 32.3. The lowest BCUT2D eigenvalue weighted by atomic mass is 10.0. The van der Waals surface area contributed by atoms with Gasteiger partial charge >= 0.3 is 10.4 Å². The first kappa shape index (κ1) is 22.0. The lowest BCUT2D eigenvalue weighted by Crippen LogP contribution is -2.57. The van der Waals surface area contributed by atoms with Gasteiger partial charge < -0.3 is 25.2 Å². The van der Waals surface area contributed by atoms with Gasteiger partial charge in [0.1, 0.15) is 34.9 Å². The minimum absolute atomic E-state index is 0.0563. The number of hydrogen-bond donors (Lipinski definition) is 5. The number of ether oxygens (including phenoxy) is 1.